The third kappa shape index (κ3) is 5.47. The summed E-state index contributed by atoms with van der Waals surface area (Å²) in [5.74, 6) is -1.13. The lowest BCUT2D eigenvalue weighted by molar-refractivity contribution is -0.162. The van der Waals surface area contributed by atoms with Crippen molar-refractivity contribution in [1.29, 1.82) is 0 Å². The van der Waals surface area contributed by atoms with Crippen LogP contribution in [0.15, 0.2) is 42.6 Å². The molecule has 180 valence electrons. The fourth-order valence-electron chi connectivity index (χ4n) is 4.50. The van der Waals surface area contributed by atoms with E-state index in [2.05, 4.69) is 9.88 Å². The number of benzene rings is 1. The van der Waals surface area contributed by atoms with Crippen LogP contribution in [0.1, 0.15) is 30.9 Å². The molecule has 5 nitrogen and oxygen atoms in total. The van der Waals surface area contributed by atoms with E-state index in [9.17, 15) is 22.4 Å². The van der Waals surface area contributed by atoms with Gasteiger partial charge in [0.2, 0.25) is 0 Å². The van der Waals surface area contributed by atoms with Crippen molar-refractivity contribution in [2.45, 2.75) is 44.1 Å². The molecule has 0 aliphatic carbocycles. The maximum atomic E-state index is 13.9. The number of alkyl halides is 3. The molecule has 33 heavy (non-hydrogen) atoms. The number of carbonyl (C=O) groups is 1. The Hall–Kier alpha value is -2.23. The Kier molecular flexibility index (Phi) is 7.65. The second-order valence-corrected chi connectivity index (χ2v) is 8.42. The molecule has 1 spiro atoms. The fraction of sp³-hybridized carbons (Fsp3) is 0.478. The lowest BCUT2D eigenvalue weighted by atomic mass is 9.88. The second kappa shape index (κ2) is 9.95. The number of carbonyl (C=O) groups excluding carboxylic acids is 1. The van der Waals surface area contributed by atoms with Crippen molar-refractivity contribution >= 4 is 24.1 Å². The number of pyridine rings is 1. The Labute approximate surface area is 196 Å². The molecule has 3 heterocycles. The van der Waals surface area contributed by atoms with Crippen LogP contribution < -0.4 is 4.90 Å². The molecule has 2 saturated heterocycles. The van der Waals surface area contributed by atoms with Gasteiger partial charge in [-0.15, -0.1) is 12.4 Å². The van der Waals surface area contributed by atoms with Gasteiger partial charge in [0.1, 0.15) is 17.7 Å². The van der Waals surface area contributed by atoms with Gasteiger partial charge in [-0.1, -0.05) is 18.2 Å². The van der Waals surface area contributed by atoms with Crippen molar-refractivity contribution < 1.29 is 27.1 Å². The second-order valence-electron chi connectivity index (χ2n) is 8.42. The van der Waals surface area contributed by atoms with Gasteiger partial charge in [0.15, 0.2) is 0 Å². The maximum Gasteiger partial charge on any atom is 0.419 e. The average Bonchev–Trinajstić information content (AvgIpc) is 2.76. The molecule has 1 aromatic heterocycles. The number of nitrogens with zero attached hydrogens (tertiary/aromatic N) is 3. The number of amides is 1. The largest absolute Gasteiger partial charge is 0.419 e. The van der Waals surface area contributed by atoms with Gasteiger partial charge >= 0.3 is 6.18 Å². The molecule has 10 heteroatoms. The maximum absolute atomic E-state index is 13.9. The van der Waals surface area contributed by atoms with Gasteiger partial charge in [-0.05, 0) is 49.9 Å². The van der Waals surface area contributed by atoms with Crippen LogP contribution in [0.4, 0.5) is 23.4 Å². The number of likely N-dealkylation sites (tertiary alicyclic amines) is 1. The normalized spacial score (nSPS) is 21.2. The summed E-state index contributed by atoms with van der Waals surface area (Å²) in [5, 5.41) is 0. The highest BCUT2D eigenvalue weighted by molar-refractivity contribution is 5.97. The zero-order chi connectivity index (χ0) is 22.9. The first-order valence-electron chi connectivity index (χ1n) is 10.7. The third-order valence-corrected chi connectivity index (χ3v) is 6.26. The van der Waals surface area contributed by atoms with E-state index in [-0.39, 0.29) is 30.6 Å². The predicted molar refractivity (Wildman–Crippen MR) is 118 cm³/mol. The molecule has 1 unspecified atom stereocenters. The number of hydrogen-bond donors (Lipinski definition) is 0. The van der Waals surface area contributed by atoms with E-state index < -0.39 is 29.4 Å². The van der Waals surface area contributed by atoms with Crippen LogP contribution in [0.5, 0.6) is 0 Å². The van der Waals surface area contributed by atoms with Crippen molar-refractivity contribution in [3.8, 4) is 0 Å². The van der Waals surface area contributed by atoms with Crippen LogP contribution in [-0.2, 0) is 22.1 Å². The smallest absolute Gasteiger partial charge is 0.360 e. The summed E-state index contributed by atoms with van der Waals surface area (Å²) in [5.41, 5.74) is -1.01. The number of piperidine rings is 1. The van der Waals surface area contributed by atoms with E-state index in [0.29, 0.717) is 44.5 Å². The number of aromatic nitrogens is 1. The van der Waals surface area contributed by atoms with Crippen LogP contribution in [-0.4, -0.2) is 53.7 Å². The van der Waals surface area contributed by atoms with Crippen LogP contribution >= 0.6 is 12.4 Å². The quantitative estimate of drug-likeness (QED) is 0.596. The molecule has 2 aliphatic rings. The Morgan fingerprint density at radius 1 is 1.15 bits per heavy atom. The predicted octanol–water partition coefficient (Wildman–Crippen LogP) is 4.49. The van der Waals surface area contributed by atoms with Crippen molar-refractivity contribution in [2.75, 3.05) is 31.1 Å². The van der Waals surface area contributed by atoms with Gasteiger partial charge in [0.05, 0.1) is 17.7 Å². The highest BCUT2D eigenvalue weighted by atomic mass is 35.5. The Bertz CT molecular complexity index is 980. The summed E-state index contributed by atoms with van der Waals surface area (Å²) in [7, 11) is 0. The SMILES string of the molecule is CC1OC2(CCN(CCc3ccccc3F)CC2)CN(c2ncccc2C(F)(F)F)C1=O.Cl. The molecule has 2 aliphatic heterocycles. The van der Waals surface area contributed by atoms with Crippen LogP contribution in [0.25, 0.3) is 0 Å². The van der Waals surface area contributed by atoms with Crippen molar-refractivity contribution in [3.63, 3.8) is 0 Å². The standard InChI is InChI=1S/C23H25F4N3O2.ClH/c1-16-21(31)30(20-18(23(25,26)27)6-4-11-28-20)15-22(32-16)9-13-29(14-10-22)12-8-17-5-2-3-7-19(17)24;/h2-7,11,16H,8-10,12-15H2,1H3;1H. The summed E-state index contributed by atoms with van der Waals surface area (Å²) in [6.07, 6.45) is -2.52. The molecular formula is C23H26ClF4N3O2. The molecular weight excluding hydrogens is 462 g/mol. The summed E-state index contributed by atoms with van der Waals surface area (Å²) in [6, 6.07) is 8.82. The first-order chi connectivity index (χ1) is 15.2. The molecule has 0 bridgehead atoms. The highest BCUT2D eigenvalue weighted by Gasteiger charge is 2.48. The van der Waals surface area contributed by atoms with E-state index in [0.717, 1.165) is 11.0 Å². The van der Waals surface area contributed by atoms with E-state index in [1.807, 2.05) is 0 Å². The van der Waals surface area contributed by atoms with E-state index >= 15 is 0 Å². The minimum absolute atomic E-state index is 0. The monoisotopic (exact) mass is 487 g/mol. The van der Waals surface area contributed by atoms with Crippen LogP contribution in [0.3, 0.4) is 0 Å². The van der Waals surface area contributed by atoms with E-state index in [1.165, 1.54) is 18.3 Å². The lowest BCUT2D eigenvalue weighted by Crippen LogP contribution is -2.62. The number of morpholine rings is 1. The first kappa shape index (κ1) is 25.4. The number of hydrogen-bond acceptors (Lipinski definition) is 4. The average molecular weight is 488 g/mol. The zero-order valence-electron chi connectivity index (χ0n) is 18.1. The van der Waals surface area contributed by atoms with Crippen molar-refractivity contribution in [3.05, 3.63) is 59.5 Å². The van der Waals surface area contributed by atoms with Crippen LogP contribution in [0, 0.1) is 5.82 Å². The topological polar surface area (TPSA) is 45.7 Å². The minimum atomic E-state index is -4.62. The molecule has 0 radical (unpaired) electrons. The highest BCUT2D eigenvalue weighted by Crippen LogP contribution is 2.39. The Morgan fingerprint density at radius 3 is 2.52 bits per heavy atom. The Morgan fingerprint density at radius 2 is 1.85 bits per heavy atom. The fourth-order valence-corrected chi connectivity index (χ4v) is 4.50. The molecule has 1 aromatic carbocycles. The minimum Gasteiger partial charge on any atom is -0.360 e. The molecule has 1 amide bonds. The molecule has 1 atom stereocenters. The van der Waals surface area contributed by atoms with Gasteiger partial charge in [0, 0.05) is 25.8 Å². The molecule has 0 N–H and O–H groups in total. The van der Waals surface area contributed by atoms with Gasteiger partial charge in [0.25, 0.3) is 5.91 Å². The molecule has 4 rings (SSSR count). The first-order valence-corrected chi connectivity index (χ1v) is 10.7. The summed E-state index contributed by atoms with van der Waals surface area (Å²) < 4.78 is 60.5. The molecule has 2 fully saturated rings. The van der Waals surface area contributed by atoms with E-state index in [4.69, 9.17) is 4.74 Å². The van der Waals surface area contributed by atoms with Crippen molar-refractivity contribution in [2.24, 2.45) is 0 Å². The summed E-state index contributed by atoms with van der Waals surface area (Å²) >= 11 is 0. The van der Waals surface area contributed by atoms with Crippen LogP contribution in [0.2, 0.25) is 0 Å². The molecule has 2 aromatic rings. The van der Waals surface area contributed by atoms with Gasteiger partial charge in [-0.2, -0.15) is 13.2 Å². The van der Waals surface area contributed by atoms with Gasteiger partial charge in [-0.25, -0.2) is 9.37 Å². The number of ether oxygens (including phenoxy) is 1. The summed E-state index contributed by atoms with van der Waals surface area (Å²) in [4.78, 5) is 20.0. The number of anilines is 1. The Balaban J connectivity index is 0.00000306. The van der Waals surface area contributed by atoms with Gasteiger partial charge in [-0.3, -0.25) is 9.69 Å². The lowest BCUT2D eigenvalue weighted by Gasteiger charge is -2.49. The van der Waals surface area contributed by atoms with E-state index in [1.54, 1.807) is 25.1 Å². The number of halogens is 5. The zero-order valence-corrected chi connectivity index (χ0v) is 19.0. The van der Waals surface area contributed by atoms with Gasteiger partial charge < -0.3 is 9.64 Å². The van der Waals surface area contributed by atoms with Crippen molar-refractivity contribution in [1.82, 2.24) is 9.88 Å². The third-order valence-electron chi connectivity index (χ3n) is 6.26. The number of rotatable bonds is 4. The summed E-state index contributed by atoms with van der Waals surface area (Å²) in [6.45, 7) is 3.57. The molecule has 0 saturated carbocycles.